The molecule has 2 fully saturated rings. The summed E-state index contributed by atoms with van der Waals surface area (Å²) in [6.07, 6.45) is 6.38. The van der Waals surface area contributed by atoms with Gasteiger partial charge in [-0.2, -0.15) is 11.8 Å². The standard InChI is InChI=1S/C17H25NOS/c1-19-17-5-4-14(13-6-9-20-10-7-13)11-15(17)12-16-3-2-8-18-16/h4-5,11,13,16,18H,2-3,6-10,12H2,1H3. The van der Waals surface area contributed by atoms with Gasteiger partial charge in [0.1, 0.15) is 5.75 Å². The quantitative estimate of drug-likeness (QED) is 0.916. The Balaban J connectivity index is 1.78. The van der Waals surface area contributed by atoms with Crippen LogP contribution in [0.5, 0.6) is 5.75 Å². The van der Waals surface area contributed by atoms with Crippen molar-refractivity contribution in [2.75, 3.05) is 25.2 Å². The molecule has 2 saturated heterocycles. The van der Waals surface area contributed by atoms with Gasteiger partial charge in [-0.25, -0.2) is 0 Å². The van der Waals surface area contributed by atoms with Crippen LogP contribution in [0.25, 0.3) is 0 Å². The molecular formula is C17H25NOS. The third kappa shape index (κ3) is 3.32. The molecule has 2 heterocycles. The van der Waals surface area contributed by atoms with E-state index >= 15 is 0 Å². The van der Waals surface area contributed by atoms with Gasteiger partial charge in [0.25, 0.3) is 0 Å². The second kappa shape index (κ2) is 6.86. The number of nitrogens with one attached hydrogen (secondary N) is 1. The fourth-order valence-electron chi connectivity index (χ4n) is 3.44. The second-order valence-electron chi connectivity index (χ2n) is 5.96. The molecule has 20 heavy (non-hydrogen) atoms. The van der Waals surface area contributed by atoms with Crippen molar-refractivity contribution in [1.29, 1.82) is 0 Å². The van der Waals surface area contributed by atoms with Gasteiger partial charge in [-0.05, 0) is 73.3 Å². The van der Waals surface area contributed by atoms with Gasteiger partial charge >= 0.3 is 0 Å². The molecule has 0 amide bonds. The van der Waals surface area contributed by atoms with E-state index in [1.54, 1.807) is 7.11 Å². The first-order valence-corrected chi connectivity index (χ1v) is 9.00. The predicted octanol–water partition coefficient (Wildman–Crippen LogP) is 3.60. The molecule has 0 radical (unpaired) electrons. The fraction of sp³-hybridized carbons (Fsp3) is 0.647. The lowest BCUT2D eigenvalue weighted by atomic mass is 9.90. The van der Waals surface area contributed by atoms with Crippen LogP contribution in [-0.4, -0.2) is 31.2 Å². The molecule has 3 rings (SSSR count). The SMILES string of the molecule is COc1ccc(C2CCSCC2)cc1CC1CCCN1. The van der Waals surface area contributed by atoms with E-state index in [0.29, 0.717) is 6.04 Å². The molecule has 1 N–H and O–H groups in total. The van der Waals surface area contributed by atoms with Crippen molar-refractivity contribution in [3.63, 3.8) is 0 Å². The fourth-order valence-corrected chi connectivity index (χ4v) is 4.55. The Morgan fingerprint density at radius 1 is 1.25 bits per heavy atom. The average Bonchev–Trinajstić information content (AvgIpc) is 3.01. The van der Waals surface area contributed by atoms with Crippen molar-refractivity contribution in [2.45, 2.75) is 44.1 Å². The molecule has 2 aliphatic rings. The molecule has 3 heteroatoms. The number of benzene rings is 1. The van der Waals surface area contributed by atoms with Crippen LogP contribution in [0, 0.1) is 0 Å². The second-order valence-corrected chi connectivity index (χ2v) is 7.18. The van der Waals surface area contributed by atoms with E-state index in [1.807, 2.05) is 0 Å². The molecule has 0 saturated carbocycles. The first-order valence-electron chi connectivity index (χ1n) is 7.85. The molecule has 1 unspecified atom stereocenters. The summed E-state index contributed by atoms with van der Waals surface area (Å²) in [5, 5.41) is 3.60. The topological polar surface area (TPSA) is 21.3 Å². The normalized spacial score (nSPS) is 23.9. The Bertz CT molecular complexity index is 437. The minimum atomic E-state index is 0.640. The van der Waals surface area contributed by atoms with Crippen molar-refractivity contribution in [3.05, 3.63) is 29.3 Å². The van der Waals surface area contributed by atoms with Crippen LogP contribution in [0.2, 0.25) is 0 Å². The summed E-state index contributed by atoms with van der Waals surface area (Å²) in [5.74, 6) is 4.46. The maximum absolute atomic E-state index is 5.57. The zero-order valence-electron chi connectivity index (χ0n) is 12.4. The van der Waals surface area contributed by atoms with Crippen LogP contribution in [0.4, 0.5) is 0 Å². The van der Waals surface area contributed by atoms with Crippen LogP contribution in [0.3, 0.4) is 0 Å². The van der Waals surface area contributed by atoms with Crippen LogP contribution >= 0.6 is 11.8 Å². The van der Waals surface area contributed by atoms with E-state index in [0.717, 1.165) is 18.1 Å². The molecule has 0 aliphatic carbocycles. The Morgan fingerprint density at radius 3 is 2.80 bits per heavy atom. The maximum atomic E-state index is 5.57. The molecule has 2 nitrogen and oxygen atoms in total. The molecule has 0 bridgehead atoms. The third-order valence-corrected chi connectivity index (χ3v) is 5.67. The van der Waals surface area contributed by atoms with E-state index in [2.05, 4.69) is 35.3 Å². The lowest BCUT2D eigenvalue weighted by Gasteiger charge is -2.23. The molecule has 1 atom stereocenters. The average molecular weight is 291 g/mol. The van der Waals surface area contributed by atoms with Gasteiger partial charge in [0.2, 0.25) is 0 Å². The number of thioether (sulfide) groups is 1. The van der Waals surface area contributed by atoms with Crippen molar-refractivity contribution < 1.29 is 4.74 Å². The maximum Gasteiger partial charge on any atom is 0.122 e. The first-order chi connectivity index (χ1) is 9.86. The van der Waals surface area contributed by atoms with E-state index in [1.165, 1.54) is 54.9 Å². The monoisotopic (exact) mass is 291 g/mol. The van der Waals surface area contributed by atoms with Gasteiger partial charge < -0.3 is 10.1 Å². The molecule has 1 aromatic rings. The highest BCUT2D eigenvalue weighted by Gasteiger charge is 2.20. The number of hydrogen-bond donors (Lipinski definition) is 1. The lowest BCUT2D eigenvalue weighted by Crippen LogP contribution is -2.24. The van der Waals surface area contributed by atoms with E-state index in [9.17, 15) is 0 Å². The number of rotatable bonds is 4. The first kappa shape index (κ1) is 14.3. The summed E-state index contributed by atoms with van der Waals surface area (Å²) in [5.41, 5.74) is 2.92. The molecule has 1 aromatic carbocycles. The van der Waals surface area contributed by atoms with Crippen LogP contribution in [0.1, 0.15) is 42.7 Å². The van der Waals surface area contributed by atoms with E-state index in [-0.39, 0.29) is 0 Å². The summed E-state index contributed by atoms with van der Waals surface area (Å²) < 4.78 is 5.57. The Morgan fingerprint density at radius 2 is 2.10 bits per heavy atom. The van der Waals surface area contributed by atoms with Gasteiger partial charge in [-0.3, -0.25) is 0 Å². The minimum Gasteiger partial charge on any atom is -0.496 e. The van der Waals surface area contributed by atoms with Gasteiger partial charge in [0, 0.05) is 6.04 Å². The number of ether oxygens (including phenoxy) is 1. The highest BCUT2D eigenvalue weighted by atomic mass is 32.2. The zero-order chi connectivity index (χ0) is 13.8. The summed E-state index contributed by atoms with van der Waals surface area (Å²) >= 11 is 2.10. The van der Waals surface area contributed by atoms with E-state index < -0.39 is 0 Å². The zero-order valence-corrected chi connectivity index (χ0v) is 13.2. The molecule has 2 aliphatic heterocycles. The largest absolute Gasteiger partial charge is 0.496 e. The molecule has 0 spiro atoms. The van der Waals surface area contributed by atoms with Crippen molar-refractivity contribution in [3.8, 4) is 5.75 Å². The Kier molecular flexibility index (Phi) is 4.90. The summed E-state index contributed by atoms with van der Waals surface area (Å²) in [4.78, 5) is 0. The Labute approximate surface area is 126 Å². The smallest absolute Gasteiger partial charge is 0.122 e. The van der Waals surface area contributed by atoms with Gasteiger partial charge in [0.15, 0.2) is 0 Å². The minimum absolute atomic E-state index is 0.640. The summed E-state index contributed by atoms with van der Waals surface area (Å²) in [7, 11) is 1.79. The van der Waals surface area contributed by atoms with Crippen molar-refractivity contribution in [1.82, 2.24) is 5.32 Å². The lowest BCUT2D eigenvalue weighted by molar-refractivity contribution is 0.406. The van der Waals surface area contributed by atoms with Crippen molar-refractivity contribution >= 4 is 11.8 Å². The summed E-state index contributed by atoms with van der Waals surface area (Å²) in [6, 6.07) is 7.52. The highest BCUT2D eigenvalue weighted by Crippen LogP contribution is 2.34. The third-order valence-electron chi connectivity index (χ3n) is 4.63. The summed E-state index contributed by atoms with van der Waals surface area (Å²) in [6.45, 7) is 1.17. The Hall–Kier alpha value is -0.670. The highest BCUT2D eigenvalue weighted by molar-refractivity contribution is 7.99. The van der Waals surface area contributed by atoms with E-state index in [4.69, 9.17) is 4.74 Å². The van der Waals surface area contributed by atoms with Gasteiger partial charge in [-0.15, -0.1) is 0 Å². The van der Waals surface area contributed by atoms with Crippen LogP contribution < -0.4 is 10.1 Å². The van der Waals surface area contributed by atoms with Gasteiger partial charge in [-0.1, -0.05) is 12.1 Å². The van der Waals surface area contributed by atoms with Gasteiger partial charge in [0.05, 0.1) is 7.11 Å². The molecular weight excluding hydrogens is 266 g/mol. The predicted molar refractivity (Wildman–Crippen MR) is 87.0 cm³/mol. The van der Waals surface area contributed by atoms with Crippen LogP contribution in [-0.2, 0) is 6.42 Å². The van der Waals surface area contributed by atoms with Crippen molar-refractivity contribution in [2.24, 2.45) is 0 Å². The number of methoxy groups -OCH3 is 1. The van der Waals surface area contributed by atoms with Crippen LogP contribution in [0.15, 0.2) is 18.2 Å². The number of hydrogen-bond acceptors (Lipinski definition) is 3. The molecule has 110 valence electrons. The molecule has 0 aromatic heterocycles.